The van der Waals surface area contributed by atoms with Gasteiger partial charge in [-0.15, -0.1) is 0 Å². The molecule has 0 spiro atoms. The molecule has 0 saturated heterocycles. The average Bonchev–Trinajstić information content (AvgIpc) is 2.43. The van der Waals surface area contributed by atoms with Gasteiger partial charge < -0.3 is 10.1 Å². The number of ether oxygens (including phenoxy) is 1. The Balaban J connectivity index is 2.60. The average molecular weight is 335 g/mol. The second-order valence-electron chi connectivity index (χ2n) is 4.39. The molecular formula is C13H19ClN2O4S. The van der Waals surface area contributed by atoms with E-state index in [4.69, 9.17) is 16.3 Å². The summed E-state index contributed by atoms with van der Waals surface area (Å²) in [5.74, 6) is -0.0331. The first-order chi connectivity index (χ1) is 9.88. The first-order valence-electron chi connectivity index (χ1n) is 6.48. The van der Waals surface area contributed by atoms with Crippen molar-refractivity contribution in [2.75, 3.05) is 24.7 Å². The Morgan fingerprint density at radius 1 is 1.38 bits per heavy atom. The van der Waals surface area contributed by atoms with Crippen LogP contribution in [0, 0.1) is 0 Å². The van der Waals surface area contributed by atoms with Crippen molar-refractivity contribution in [3.05, 3.63) is 23.2 Å². The van der Waals surface area contributed by atoms with Crippen LogP contribution in [0.15, 0.2) is 18.2 Å². The van der Waals surface area contributed by atoms with E-state index in [1.165, 1.54) is 13.2 Å². The SMILES string of the molecule is CCCCS(=O)(=O)NCC(=O)Nc1cc(Cl)ccc1OC. The van der Waals surface area contributed by atoms with Crippen molar-refractivity contribution in [3.63, 3.8) is 0 Å². The van der Waals surface area contributed by atoms with Gasteiger partial charge in [-0.1, -0.05) is 24.9 Å². The Bertz CT molecular complexity index is 590. The lowest BCUT2D eigenvalue weighted by Gasteiger charge is -2.11. The third kappa shape index (κ3) is 6.33. The van der Waals surface area contributed by atoms with Crippen LogP contribution in [-0.2, 0) is 14.8 Å². The molecule has 118 valence electrons. The molecule has 0 bridgehead atoms. The summed E-state index contributed by atoms with van der Waals surface area (Å²) in [6.45, 7) is 1.56. The smallest absolute Gasteiger partial charge is 0.239 e. The van der Waals surface area contributed by atoms with Crippen molar-refractivity contribution in [1.82, 2.24) is 4.72 Å². The molecule has 1 rings (SSSR count). The molecule has 2 N–H and O–H groups in total. The van der Waals surface area contributed by atoms with Gasteiger partial charge in [-0.25, -0.2) is 13.1 Å². The van der Waals surface area contributed by atoms with Crippen molar-refractivity contribution in [3.8, 4) is 5.75 Å². The molecule has 0 aliphatic carbocycles. The molecule has 0 heterocycles. The summed E-state index contributed by atoms with van der Waals surface area (Å²) >= 11 is 5.85. The molecule has 0 atom stereocenters. The summed E-state index contributed by atoms with van der Waals surface area (Å²) in [4.78, 5) is 11.8. The zero-order chi connectivity index (χ0) is 15.9. The minimum Gasteiger partial charge on any atom is -0.495 e. The molecule has 0 saturated carbocycles. The lowest BCUT2D eigenvalue weighted by Crippen LogP contribution is -2.34. The number of benzene rings is 1. The number of hydrogen-bond acceptors (Lipinski definition) is 4. The quantitative estimate of drug-likeness (QED) is 0.761. The second-order valence-corrected chi connectivity index (χ2v) is 6.75. The van der Waals surface area contributed by atoms with Crippen molar-refractivity contribution < 1.29 is 17.9 Å². The number of unbranched alkanes of at least 4 members (excludes halogenated alkanes) is 1. The Labute approximate surface area is 129 Å². The normalized spacial score (nSPS) is 11.2. The van der Waals surface area contributed by atoms with Crippen LogP contribution < -0.4 is 14.8 Å². The van der Waals surface area contributed by atoms with Crippen LogP contribution in [0.4, 0.5) is 5.69 Å². The lowest BCUT2D eigenvalue weighted by molar-refractivity contribution is -0.115. The van der Waals surface area contributed by atoms with E-state index < -0.39 is 15.9 Å². The van der Waals surface area contributed by atoms with Crippen LogP contribution in [-0.4, -0.2) is 33.7 Å². The lowest BCUT2D eigenvalue weighted by atomic mass is 10.3. The monoisotopic (exact) mass is 334 g/mol. The summed E-state index contributed by atoms with van der Waals surface area (Å²) < 4.78 is 30.5. The molecule has 8 heteroatoms. The molecule has 1 aromatic rings. The number of nitrogens with one attached hydrogen (secondary N) is 2. The van der Waals surface area contributed by atoms with E-state index in [1.54, 1.807) is 12.1 Å². The second kappa shape index (κ2) is 8.21. The summed E-state index contributed by atoms with van der Waals surface area (Å²) in [6, 6.07) is 4.77. The fourth-order valence-corrected chi connectivity index (χ4v) is 2.89. The van der Waals surface area contributed by atoms with Crippen LogP contribution in [0.3, 0.4) is 0 Å². The van der Waals surface area contributed by atoms with Gasteiger partial charge in [0, 0.05) is 5.02 Å². The molecule has 6 nitrogen and oxygen atoms in total. The van der Waals surface area contributed by atoms with E-state index in [2.05, 4.69) is 10.0 Å². The third-order valence-electron chi connectivity index (χ3n) is 2.65. The van der Waals surface area contributed by atoms with Crippen molar-refractivity contribution >= 4 is 33.2 Å². The molecule has 1 aromatic carbocycles. The first kappa shape index (κ1) is 17.7. The Morgan fingerprint density at radius 3 is 2.71 bits per heavy atom. The van der Waals surface area contributed by atoms with Crippen molar-refractivity contribution in [1.29, 1.82) is 0 Å². The van der Waals surface area contributed by atoms with E-state index in [0.717, 1.165) is 6.42 Å². The highest BCUT2D eigenvalue weighted by molar-refractivity contribution is 7.89. The predicted octanol–water partition coefficient (Wildman–Crippen LogP) is 2.01. The van der Waals surface area contributed by atoms with Gasteiger partial charge in [0.1, 0.15) is 5.75 Å². The van der Waals surface area contributed by atoms with E-state index >= 15 is 0 Å². The van der Waals surface area contributed by atoms with Gasteiger partial charge in [0.15, 0.2) is 0 Å². The minimum absolute atomic E-state index is 0.0112. The fourth-order valence-electron chi connectivity index (χ4n) is 1.55. The molecular weight excluding hydrogens is 316 g/mol. The molecule has 21 heavy (non-hydrogen) atoms. The third-order valence-corrected chi connectivity index (χ3v) is 4.30. The van der Waals surface area contributed by atoms with Gasteiger partial charge >= 0.3 is 0 Å². The number of halogens is 1. The first-order valence-corrected chi connectivity index (χ1v) is 8.51. The zero-order valence-corrected chi connectivity index (χ0v) is 13.6. The molecule has 1 amide bonds. The molecule has 0 radical (unpaired) electrons. The highest BCUT2D eigenvalue weighted by Crippen LogP contribution is 2.27. The fraction of sp³-hybridized carbons (Fsp3) is 0.462. The molecule has 0 aromatic heterocycles. The number of hydrogen-bond donors (Lipinski definition) is 2. The van der Waals surface area contributed by atoms with E-state index in [0.29, 0.717) is 22.9 Å². The van der Waals surface area contributed by atoms with Gasteiger partial charge in [-0.2, -0.15) is 0 Å². The number of carbonyl (C=O) groups is 1. The van der Waals surface area contributed by atoms with Gasteiger partial charge in [0.25, 0.3) is 0 Å². The predicted molar refractivity (Wildman–Crippen MR) is 83.3 cm³/mol. The zero-order valence-electron chi connectivity index (χ0n) is 12.0. The molecule has 0 aliphatic rings. The van der Waals surface area contributed by atoms with Crippen molar-refractivity contribution in [2.24, 2.45) is 0 Å². The maximum Gasteiger partial charge on any atom is 0.239 e. The summed E-state index contributed by atoms with van der Waals surface area (Å²) in [5, 5.41) is 3.00. The van der Waals surface area contributed by atoms with E-state index in [9.17, 15) is 13.2 Å². The maximum absolute atomic E-state index is 11.8. The summed E-state index contributed by atoms with van der Waals surface area (Å²) in [5.41, 5.74) is 0.391. The summed E-state index contributed by atoms with van der Waals surface area (Å²) in [7, 11) is -1.96. The minimum atomic E-state index is -3.42. The van der Waals surface area contributed by atoms with Crippen molar-refractivity contribution in [2.45, 2.75) is 19.8 Å². The number of carbonyl (C=O) groups excluding carboxylic acids is 1. The van der Waals surface area contributed by atoms with Crippen LogP contribution in [0.1, 0.15) is 19.8 Å². The summed E-state index contributed by atoms with van der Waals surface area (Å²) in [6.07, 6.45) is 1.33. The van der Waals surface area contributed by atoms with E-state index in [1.807, 2.05) is 6.92 Å². The van der Waals surface area contributed by atoms with Crippen LogP contribution in [0.2, 0.25) is 5.02 Å². The van der Waals surface area contributed by atoms with Gasteiger partial charge in [-0.05, 0) is 24.6 Å². The maximum atomic E-state index is 11.8. The topological polar surface area (TPSA) is 84.5 Å². The van der Waals surface area contributed by atoms with Crippen LogP contribution in [0.5, 0.6) is 5.75 Å². The highest BCUT2D eigenvalue weighted by atomic mass is 35.5. The van der Waals surface area contributed by atoms with Gasteiger partial charge in [0.05, 0.1) is 25.1 Å². The molecule has 0 unspecified atom stereocenters. The number of amides is 1. The number of anilines is 1. The standard InChI is InChI=1S/C13H19ClN2O4S/c1-3-4-7-21(18,19)15-9-13(17)16-11-8-10(14)5-6-12(11)20-2/h5-6,8,15H,3-4,7,9H2,1-2H3,(H,16,17). The Morgan fingerprint density at radius 2 is 2.10 bits per heavy atom. The largest absolute Gasteiger partial charge is 0.495 e. The molecule has 0 aliphatic heterocycles. The number of sulfonamides is 1. The van der Waals surface area contributed by atoms with Gasteiger partial charge in [-0.3, -0.25) is 4.79 Å². The Kier molecular flexibility index (Phi) is 6.94. The Hall–Kier alpha value is -1.31. The van der Waals surface area contributed by atoms with E-state index in [-0.39, 0.29) is 12.3 Å². The van der Waals surface area contributed by atoms with Crippen LogP contribution >= 0.6 is 11.6 Å². The number of rotatable bonds is 8. The molecule has 0 fully saturated rings. The van der Waals surface area contributed by atoms with Crippen LogP contribution in [0.25, 0.3) is 0 Å². The van der Waals surface area contributed by atoms with Gasteiger partial charge in [0.2, 0.25) is 15.9 Å². The number of methoxy groups -OCH3 is 1. The highest BCUT2D eigenvalue weighted by Gasteiger charge is 2.13.